The first-order chi connectivity index (χ1) is 9.29. The molecule has 0 fully saturated rings. The number of esters is 1. The Bertz CT molecular complexity index is 589. The van der Waals surface area contributed by atoms with E-state index in [-0.39, 0.29) is 5.97 Å². The molecule has 0 aliphatic carbocycles. The molecule has 1 aliphatic rings. The topological polar surface area (TPSA) is 52.6 Å². The summed E-state index contributed by atoms with van der Waals surface area (Å²) in [4.78, 5) is 22.4. The average Bonchev–Trinajstić information content (AvgIpc) is 2.41. The summed E-state index contributed by atoms with van der Waals surface area (Å²) in [7, 11) is 0. The standard InChI is InChI=1S/C16H20O4/c1-9-10(2)15-13(6-7-16(5,8-17)20-15)11(3)14(9)19-12(4)18/h8H,6-7H2,1-5H3/t16-/m0/s1. The minimum atomic E-state index is -0.764. The third-order valence-electron chi connectivity index (χ3n) is 4.01. The van der Waals surface area contributed by atoms with Gasteiger partial charge in [0.25, 0.3) is 0 Å². The maximum atomic E-state index is 11.2. The van der Waals surface area contributed by atoms with Crippen molar-refractivity contribution in [1.82, 2.24) is 0 Å². The SMILES string of the molecule is CC(=O)Oc1c(C)c(C)c2c(c1C)CC[C@@](C)(C=O)O2. The Hall–Kier alpha value is -1.84. The quantitative estimate of drug-likeness (QED) is 0.473. The van der Waals surface area contributed by atoms with Crippen LogP contribution in [0.15, 0.2) is 0 Å². The van der Waals surface area contributed by atoms with Gasteiger partial charge in [-0.3, -0.25) is 9.59 Å². The van der Waals surface area contributed by atoms with E-state index in [4.69, 9.17) is 9.47 Å². The van der Waals surface area contributed by atoms with Crippen LogP contribution in [0.2, 0.25) is 0 Å². The van der Waals surface area contributed by atoms with Crippen LogP contribution in [0.25, 0.3) is 0 Å². The Balaban J connectivity index is 2.59. The Morgan fingerprint density at radius 2 is 1.90 bits per heavy atom. The van der Waals surface area contributed by atoms with E-state index in [1.54, 1.807) is 6.92 Å². The zero-order valence-corrected chi connectivity index (χ0v) is 12.6. The number of ether oxygens (including phenoxy) is 2. The molecule has 1 aliphatic heterocycles. The lowest BCUT2D eigenvalue weighted by molar-refractivity contribution is -0.132. The first-order valence-electron chi connectivity index (χ1n) is 6.75. The van der Waals surface area contributed by atoms with E-state index < -0.39 is 5.60 Å². The van der Waals surface area contributed by atoms with Crippen molar-refractivity contribution in [1.29, 1.82) is 0 Å². The number of aldehydes is 1. The fourth-order valence-electron chi connectivity index (χ4n) is 2.63. The lowest BCUT2D eigenvalue weighted by atomic mass is 9.88. The molecule has 0 saturated carbocycles. The highest BCUT2D eigenvalue weighted by Gasteiger charge is 2.34. The molecule has 1 aromatic carbocycles. The van der Waals surface area contributed by atoms with Gasteiger partial charge in [0.05, 0.1) is 0 Å². The van der Waals surface area contributed by atoms with Crippen molar-refractivity contribution in [3.8, 4) is 11.5 Å². The second-order valence-electron chi connectivity index (χ2n) is 5.64. The van der Waals surface area contributed by atoms with E-state index in [2.05, 4.69) is 0 Å². The Labute approximate surface area is 119 Å². The van der Waals surface area contributed by atoms with Crippen molar-refractivity contribution in [2.75, 3.05) is 0 Å². The summed E-state index contributed by atoms with van der Waals surface area (Å²) in [5.41, 5.74) is 3.00. The Morgan fingerprint density at radius 1 is 1.25 bits per heavy atom. The van der Waals surface area contributed by atoms with Gasteiger partial charge in [0.1, 0.15) is 11.5 Å². The lowest BCUT2D eigenvalue weighted by Gasteiger charge is -2.34. The first kappa shape index (κ1) is 14.6. The highest BCUT2D eigenvalue weighted by molar-refractivity contribution is 5.73. The van der Waals surface area contributed by atoms with Gasteiger partial charge in [-0.25, -0.2) is 0 Å². The summed E-state index contributed by atoms with van der Waals surface area (Å²) in [6.45, 7) is 8.95. The molecule has 0 N–H and O–H groups in total. The fraction of sp³-hybridized carbons (Fsp3) is 0.500. The molecule has 0 radical (unpaired) electrons. The summed E-state index contributed by atoms with van der Waals surface area (Å²) in [6.07, 6.45) is 2.23. The molecule has 0 unspecified atom stereocenters. The van der Waals surface area contributed by atoms with Crippen molar-refractivity contribution < 1.29 is 19.1 Å². The fourth-order valence-corrected chi connectivity index (χ4v) is 2.63. The number of rotatable bonds is 2. The third-order valence-corrected chi connectivity index (χ3v) is 4.01. The minimum Gasteiger partial charge on any atom is -0.480 e. The normalized spacial score (nSPS) is 20.9. The van der Waals surface area contributed by atoms with E-state index >= 15 is 0 Å². The summed E-state index contributed by atoms with van der Waals surface area (Å²) in [5, 5.41) is 0. The molecule has 4 heteroatoms. The van der Waals surface area contributed by atoms with Gasteiger partial charge in [-0.15, -0.1) is 0 Å². The van der Waals surface area contributed by atoms with E-state index in [1.165, 1.54) is 6.92 Å². The number of fused-ring (bicyclic) bond motifs is 1. The highest BCUT2D eigenvalue weighted by atomic mass is 16.5. The monoisotopic (exact) mass is 276 g/mol. The summed E-state index contributed by atoms with van der Waals surface area (Å²) in [6, 6.07) is 0. The zero-order valence-electron chi connectivity index (χ0n) is 12.6. The van der Waals surface area contributed by atoms with Crippen molar-refractivity contribution in [3.05, 3.63) is 22.3 Å². The molecule has 0 saturated heterocycles. The van der Waals surface area contributed by atoms with E-state index in [0.717, 1.165) is 40.7 Å². The molecule has 108 valence electrons. The first-order valence-corrected chi connectivity index (χ1v) is 6.75. The maximum Gasteiger partial charge on any atom is 0.308 e. The minimum absolute atomic E-state index is 0.329. The van der Waals surface area contributed by atoms with Gasteiger partial charge in [-0.05, 0) is 57.2 Å². The molecule has 0 bridgehead atoms. The van der Waals surface area contributed by atoms with Gasteiger partial charge in [-0.1, -0.05) is 0 Å². The number of carbonyl (C=O) groups is 2. The van der Waals surface area contributed by atoms with Crippen LogP contribution in [0.3, 0.4) is 0 Å². The van der Waals surface area contributed by atoms with Crippen molar-refractivity contribution >= 4 is 12.3 Å². The van der Waals surface area contributed by atoms with Gasteiger partial charge >= 0.3 is 5.97 Å². The maximum absolute atomic E-state index is 11.2. The van der Waals surface area contributed by atoms with E-state index in [1.807, 2.05) is 20.8 Å². The van der Waals surface area contributed by atoms with Crippen molar-refractivity contribution in [2.24, 2.45) is 0 Å². The average molecular weight is 276 g/mol. The molecule has 1 heterocycles. The molecule has 2 rings (SSSR count). The molecule has 0 amide bonds. The van der Waals surface area contributed by atoms with Gasteiger partial charge in [0.15, 0.2) is 11.9 Å². The summed E-state index contributed by atoms with van der Waals surface area (Å²) < 4.78 is 11.2. The molecule has 1 aromatic rings. The number of hydrogen-bond acceptors (Lipinski definition) is 4. The smallest absolute Gasteiger partial charge is 0.308 e. The molecular formula is C16H20O4. The van der Waals surface area contributed by atoms with E-state index in [0.29, 0.717) is 12.2 Å². The highest BCUT2D eigenvalue weighted by Crippen LogP contribution is 2.43. The Morgan fingerprint density at radius 3 is 2.45 bits per heavy atom. The second-order valence-corrected chi connectivity index (χ2v) is 5.64. The number of benzene rings is 1. The van der Waals surface area contributed by atoms with Crippen molar-refractivity contribution in [3.63, 3.8) is 0 Å². The van der Waals surface area contributed by atoms with Gasteiger partial charge < -0.3 is 9.47 Å². The molecule has 0 aromatic heterocycles. The van der Waals surface area contributed by atoms with Crippen molar-refractivity contribution in [2.45, 2.75) is 53.1 Å². The second kappa shape index (κ2) is 4.93. The molecular weight excluding hydrogens is 256 g/mol. The van der Waals surface area contributed by atoms with Crippen LogP contribution in [-0.4, -0.2) is 17.9 Å². The van der Waals surface area contributed by atoms with Gasteiger partial charge in [-0.2, -0.15) is 0 Å². The zero-order chi connectivity index (χ0) is 15.1. The van der Waals surface area contributed by atoms with Crippen LogP contribution in [-0.2, 0) is 16.0 Å². The largest absolute Gasteiger partial charge is 0.480 e. The molecule has 1 atom stereocenters. The van der Waals surface area contributed by atoms with Gasteiger partial charge in [0.2, 0.25) is 0 Å². The van der Waals surface area contributed by atoms with E-state index in [9.17, 15) is 9.59 Å². The van der Waals surface area contributed by atoms with Crippen LogP contribution < -0.4 is 9.47 Å². The molecule has 20 heavy (non-hydrogen) atoms. The summed E-state index contributed by atoms with van der Waals surface area (Å²) >= 11 is 0. The summed E-state index contributed by atoms with van der Waals surface area (Å²) in [5.74, 6) is 1.05. The predicted molar refractivity (Wildman–Crippen MR) is 75.4 cm³/mol. The number of hydrogen-bond donors (Lipinski definition) is 0. The van der Waals surface area contributed by atoms with Crippen LogP contribution in [0, 0.1) is 20.8 Å². The van der Waals surface area contributed by atoms with Crippen LogP contribution in [0.4, 0.5) is 0 Å². The van der Waals surface area contributed by atoms with Gasteiger partial charge in [0, 0.05) is 12.5 Å². The third kappa shape index (κ3) is 2.30. The van der Waals surface area contributed by atoms with Crippen LogP contribution in [0.1, 0.15) is 42.5 Å². The molecule has 0 spiro atoms. The lowest BCUT2D eigenvalue weighted by Crippen LogP contribution is -2.38. The Kier molecular flexibility index (Phi) is 3.59. The van der Waals surface area contributed by atoms with Crippen LogP contribution in [0.5, 0.6) is 11.5 Å². The molecule has 4 nitrogen and oxygen atoms in total. The predicted octanol–water partition coefficient (Wildman–Crippen LogP) is 2.82. The number of carbonyl (C=O) groups excluding carboxylic acids is 2. The van der Waals surface area contributed by atoms with Crippen LogP contribution >= 0.6 is 0 Å².